The van der Waals surface area contributed by atoms with E-state index in [1.165, 1.54) is 0 Å². The highest BCUT2D eigenvalue weighted by atomic mass is 16.6. The van der Waals surface area contributed by atoms with Crippen molar-refractivity contribution in [3.63, 3.8) is 0 Å². The molecule has 0 radical (unpaired) electrons. The van der Waals surface area contributed by atoms with Crippen molar-refractivity contribution in [3.8, 4) is 0 Å². The smallest absolute Gasteiger partial charge is 0.410 e. The molecule has 0 aromatic heterocycles. The average Bonchev–Trinajstić information content (AvgIpc) is 2.78. The van der Waals surface area contributed by atoms with Crippen LogP contribution < -0.4 is 4.90 Å². The number of hydrogen-bond donors (Lipinski definition) is 0. The van der Waals surface area contributed by atoms with Gasteiger partial charge < -0.3 is 19.4 Å². The molecule has 0 unspecified atom stereocenters. The van der Waals surface area contributed by atoms with E-state index in [9.17, 15) is 9.59 Å². The Morgan fingerprint density at radius 1 is 0.960 bits per heavy atom. The van der Waals surface area contributed by atoms with Crippen LogP contribution in [0.2, 0.25) is 0 Å². The van der Waals surface area contributed by atoms with Gasteiger partial charge in [-0.25, -0.2) is 4.79 Å². The van der Waals surface area contributed by atoms with Gasteiger partial charge >= 0.3 is 6.09 Å². The van der Waals surface area contributed by atoms with Crippen molar-refractivity contribution >= 4 is 17.7 Å². The molecular formula is C19H29N3O3. The van der Waals surface area contributed by atoms with Crippen LogP contribution in [0.5, 0.6) is 0 Å². The summed E-state index contributed by atoms with van der Waals surface area (Å²) in [5.74, 6) is 0.0105. The number of carbonyl (C=O) groups is 2. The van der Waals surface area contributed by atoms with E-state index in [1.807, 2.05) is 68.9 Å². The van der Waals surface area contributed by atoms with Crippen LogP contribution in [0.3, 0.4) is 0 Å². The Hall–Kier alpha value is -2.24. The lowest BCUT2D eigenvalue weighted by atomic mass is 10.1. The first-order valence-electron chi connectivity index (χ1n) is 8.72. The number of ether oxygens (including phenoxy) is 1. The van der Waals surface area contributed by atoms with Crippen molar-refractivity contribution < 1.29 is 14.3 Å². The number of benzene rings is 1. The third-order valence-corrected chi connectivity index (χ3v) is 4.07. The minimum Gasteiger partial charge on any atom is -0.444 e. The zero-order valence-corrected chi connectivity index (χ0v) is 15.9. The molecule has 0 aliphatic carbocycles. The van der Waals surface area contributed by atoms with Crippen LogP contribution in [-0.4, -0.2) is 67.7 Å². The minimum atomic E-state index is -0.507. The number of carbonyl (C=O) groups excluding carboxylic acids is 2. The van der Waals surface area contributed by atoms with Crippen molar-refractivity contribution in [2.45, 2.75) is 32.8 Å². The summed E-state index contributed by atoms with van der Waals surface area (Å²) >= 11 is 0. The molecule has 0 N–H and O–H groups in total. The molecule has 2 rings (SSSR count). The Bertz CT molecular complexity index is 605. The van der Waals surface area contributed by atoms with Gasteiger partial charge in [-0.05, 0) is 51.5 Å². The van der Waals surface area contributed by atoms with Crippen LogP contribution in [0.15, 0.2) is 24.3 Å². The number of nitrogens with zero attached hydrogens (tertiary/aromatic N) is 3. The third kappa shape index (κ3) is 5.37. The summed E-state index contributed by atoms with van der Waals surface area (Å²) < 4.78 is 5.43. The zero-order chi connectivity index (χ0) is 18.6. The van der Waals surface area contributed by atoms with Crippen LogP contribution >= 0.6 is 0 Å². The van der Waals surface area contributed by atoms with Gasteiger partial charge in [0.05, 0.1) is 0 Å². The van der Waals surface area contributed by atoms with Gasteiger partial charge in [-0.2, -0.15) is 0 Å². The Morgan fingerprint density at radius 2 is 1.52 bits per heavy atom. The molecule has 2 amide bonds. The van der Waals surface area contributed by atoms with E-state index in [4.69, 9.17) is 4.74 Å². The summed E-state index contributed by atoms with van der Waals surface area (Å²) in [6.07, 6.45) is 0.443. The van der Waals surface area contributed by atoms with Crippen LogP contribution in [0.4, 0.5) is 10.5 Å². The monoisotopic (exact) mass is 347 g/mol. The summed E-state index contributed by atoms with van der Waals surface area (Å²) in [6, 6.07) is 7.60. The average molecular weight is 347 g/mol. The fourth-order valence-corrected chi connectivity index (χ4v) is 2.71. The Balaban J connectivity index is 1.98. The van der Waals surface area contributed by atoms with Crippen molar-refractivity contribution in [1.29, 1.82) is 0 Å². The molecule has 1 aliphatic heterocycles. The molecule has 1 aromatic rings. The standard InChI is InChI=1S/C19H29N3O3/c1-19(2,3)25-18(24)22-12-6-11-21(13-14-22)17(23)15-7-9-16(10-8-15)20(4)5/h7-10H,6,11-14H2,1-5H3. The summed E-state index contributed by atoms with van der Waals surface area (Å²) in [5.41, 5.74) is 1.23. The van der Waals surface area contributed by atoms with E-state index in [0.717, 1.165) is 12.1 Å². The van der Waals surface area contributed by atoms with Gasteiger partial charge in [0.1, 0.15) is 5.60 Å². The van der Waals surface area contributed by atoms with Gasteiger partial charge in [0.25, 0.3) is 5.91 Å². The summed E-state index contributed by atoms with van der Waals surface area (Å²) in [4.78, 5) is 30.4. The molecule has 1 aliphatic rings. The third-order valence-electron chi connectivity index (χ3n) is 4.07. The second-order valence-electron chi connectivity index (χ2n) is 7.55. The van der Waals surface area contributed by atoms with Gasteiger partial charge in [-0.1, -0.05) is 0 Å². The maximum Gasteiger partial charge on any atom is 0.410 e. The van der Waals surface area contributed by atoms with E-state index in [0.29, 0.717) is 31.7 Å². The SMILES string of the molecule is CN(C)c1ccc(C(=O)N2CCCN(C(=O)OC(C)(C)C)CC2)cc1. The van der Waals surface area contributed by atoms with E-state index < -0.39 is 5.60 Å². The van der Waals surface area contributed by atoms with E-state index in [-0.39, 0.29) is 12.0 Å². The second-order valence-corrected chi connectivity index (χ2v) is 7.55. The maximum absolute atomic E-state index is 12.7. The van der Waals surface area contributed by atoms with Gasteiger partial charge in [0, 0.05) is 51.5 Å². The van der Waals surface area contributed by atoms with Gasteiger partial charge in [-0.15, -0.1) is 0 Å². The number of rotatable bonds is 2. The zero-order valence-electron chi connectivity index (χ0n) is 15.9. The minimum absolute atomic E-state index is 0.0105. The van der Waals surface area contributed by atoms with E-state index in [2.05, 4.69) is 0 Å². The number of hydrogen-bond acceptors (Lipinski definition) is 4. The first kappa shape index (κ1) is 19.1. The van der Waals surface area contributed by atoms with Crippen LogP contribution in [-0.2, 0) is 4.74 Å². The topological polar surface area (TPSA) is 53.1 Å². The number of anilines is 1. The first-order valence-corrected chi connectivity index (χ1v) is 8.72. The van der Waals surface area contributed by atoms with Crippen molar-refractivity contribution in [3.05, 3.63) is 29.8 Å². The Morgan fingerprint density at radius 3 is 2.08 bits per heavy atom. The molecule has 0 atom stereocenters. The molecule has 0 saturated carbocycles. The van der Waals surface area contributed by atoms with Gasteiger partial charge in [-0.3, -0.25) is 4.79 Å². The summed E-state index contributed by atoms with van der Waals surface area (Å²) in [6.45, 7) is 7.84. The second kappa shape index (κ2) is 7.76. The highest BCUT2D eigenvalue weighted by molar-refractivity contribution is 5.94. The van der Waals surface area contributed by atoms with E-state index >= 15 is 0 Å². The van der Waals surface area contributed by atoms with Crippen molar-refractivity contribution in [2.24, 2.45) is 0 Å². The first-order chi connectivity index (χ1) is 11.7. The summed E-state index contributed by atoms with van der Waals surface area (Å²) in [7, 11) is 3.94. The van der Waals surface area contributed by atoms with Crippen LogP contribution in [0.1, 0.15) is 37.6 Å². The molecule has 6 nitrogen and oxygen atoms in total. The van der Waals surface area contributed by atoms with Gasteiger partial charge in [0.2, 0.25) is 0 Å². The van der Waals surface area contributed by atoms with Crippen LogP contribution in [0, 0.1) is 0 Å². The maximum atomic E-state index is 12.7. The molecule has 0 spiro atoms. The van der Waals surface area contributed by atoms with E-state index in [1.54, 1.807) is 4.90 Å². The highest BCUT2D eigenvalue weighted by Gasteiger charge is 2.26. The lowest BCUT2D eigenvalue weighted by Gasteiger charge is -2.26. The highest BCUT2D eigenvalue weighted by Crippen LogP contribution is 2.16. The molecule has 6 heteroatoms. The fraction of sp³-hybridized carbons (Fsp3) is 0.579. The predicted octanol–water partition coefficient (Wildman–Crippen LogP) is 2.84. The lowest BCUT2D eigenvalue weighted by Crippen LogP contribution is -2.40. The Labute approximate surface area is 150 Å². The van der Waals surface area contributed by atoms with Gasteiger partial charge in [0.15, 0.2) is 0 Å². The molecule has 138 valence electrons. The molecule has 0 bridgehead atoms. The summed E-state index contributed by atoms with van der Waals surface area (Å²) in [5, 5.41) is 0. The molecular weight excluding hydrogens is 318 g/mol. The quantitative estimate of drug-likeness (QED) is 0.825. The largest absolute Gasteiger partial charge is 0.444 e. The van der Waals surface area contributed by atoms with Crippen molar-refractivity contribution in [1.82, 2.24) is 9.80 Å². The molecule has 1 heterocycles. The van der Waals surface area contributed by atoms with Crippen molar-refractivity contribution in [2.75, 3.05) is 45.2 Å². The molecule has 1 aromatic carbocycles. The number of amides is 2. The predicted molar refractivity (Wildman–Crippen MR) is 99.1 cm³/mol. The molecule has 25 heavy (non-hydrogen) atoms. The molecule has 1 saturated heterocycles. The fourth-order valence-electron chi connectivity index (χ4n) is 2.71. The normalized spacial score (nSPS) is 15.6. The molecule has 1 fully saturated rings. The Kier molecular flexibility index (Phi) is 5.93. The lowest BCUT2D eigenvalue weighted by molar-refractivity contribution is 0.0255. The van der Waals surface area contributed by atoms with Crippen LogP contribution in [0.25, 0.3) is 0 Å².